The number of aryl methyl sites for hydroxylation is 2. The number of nitro benzene ring substituents is 1. The minimum Gasteiger partial charge on any atom is -0.483 e. The first-order valence-corrected chi connectivity index (χ1v) is 7.60. The van der Waals surface area contributed by atoms with Crippen molar-refractivity contribution in [3.63, 3.8) is 0 Å². The van der Waals surface area contributed by atoms with Gasteiger partial charge in [-0.25, -0.2) is 0 Å². The van der Waals surface area contributed by atoms with Crippen LogP contribution < -0.4 is 10.1 Å². The first-order chi connectivity index (χ1) is 10.9. The number of anilines is 1. The number of carbonyl (C=O) groups excluding carboxylic acids is 1. The zero-order valence-electron chi connectivity index (χ0n) is 12.6. The van der Waals surface area contributed by atoms with Gasteiger partial charge in [0, 0.05) is 10.5 Å². The summed E-state index contributed by atoms with van der Waals surface area (Å²) in [6.45, 7) is 3.54. The van der Waals surface area contributed by atoms with Gasteiger partial charge in [-0.1, -0.05) is 28.1 Å². The predicted octanol–water partition coefficient (Wildman–Crippen LogP) is 3.99. The molecule has 0 heterocycles. The van der Waals surface area contributed by atoms with Gasteiger partial charge in [0.2, 0.25) is 0 Å². The normalized spacial score (nSPS) is 10.2. The highest BCUT2D eigenvalue weighted by molar-refractivity contribution is 9.10. The monoisotopic (exact) mass is 378 g/mol. The van der Waals surface area contributed by atoms with Gasteiger partial charge in [-0.3, -0.25) is 14.9 Å². The molecule has 0 aliphatic carbocycles. The van der Waals surface area contributed by atoms with Crippen molar-refractivity contribution in [3.05, 3.63) is 62.1 Å². The minimum atomic E-state index is -0.542. The number of halogens is 1. The number of carbonyl (C=O) groups is 1. The molecule has 1 amide bonds. The van der Waals surface area contributed by atoms with Crippen molar-refractivity contribution < 1.29 is 14.5 Å². The third-order valence-electron chi connectivity index (χ3n) is 3.15. The molecule has 2 aromatic carbocycles. The average molecular weight is 379 g/mol. The first kappa shape index (κ1) is 17.0. The fourth-order valence-corrected chi connectivity index (χ4v) is 2.87. The van der Waals surface area contributed by atoms with E-state index in [0.29, 0.717) is 5.75 Å². The van der Waals surface area contributed by atoms with E-state index in [9.17, 15) is 14.9 Å². The van der Waals surface area contributed by atoms with Gasteiger partial charge in [0.1, 0.15) is 11.4 Å². The number of hydrogen-bond acceptors (Lipinski definition) is 4. The number of benzene rings is 2. The molecule has 0 saturated heterocycles. The molecule has 0 radical (unpaired) electrons. The average Bonchev–Trinajstić information content (AvgIpc) is 2.46. The third-order valence-corrected chi connectivity index (χ3v) is 3.61. The maximum absolute atomic E-state index is 12.0. The maximum Gasteiger partial charge on any atom is 0.292 e. The van der Waals surface area contributed by atoms with Crippen LogP contribution in [0.25, 0.3) is 0 Å². The Labute approximate surface area is 141 Å². The van der Waals surface area contributed by atoms with Gasteiger partial charge in [0.05, 0.1) is 4.92 Å². The molecule has 1 N–H and O–H groups in total. The van der Waals surface area contributed by atoms with Gasteiger partial charge < -0.3 is 10.1 Å². The summed E-state index contributed by atoms with van der Waals surface area (Å²) in [5, 5.41) is 13.4. The van der Waals surface area contributed by atoms with Crippen molar-refractivity contribution in [2.45, 2.75) is 13.8 Å². The standard InChI is InChI=1S/C16H15BrN2O4/c1-10-7-12(17)8-11(2)16(10)23-9-15(20)18-13-5-3-4-6-14(13)19(21)22/h3-8H,9H2,1-2H3,(H,18,20). The van der Waals surface area contributed by atoms with Crippen LogP contribution >= 0.6 is 15.9 Å². The van der Waals surface area contributed by atoms with Gasteiger partial charge in [0.25, 0.3) is 11.6 Å². The molecular weight excluding hydrogens is 364 g/mol. The second kappa shape index (κ2) is 7.23. The van der Waals surface area contributed by atoms with E-state index in [1.807, 2.05) is 26.0 Å². The van der Waals surface area contributed by atoms with E-state index >= 15 is 0 Å². The quantitative estimate of drug-likeness (QED) is 0.629. The Morgan fingerprint density at radius 3 is 2.48 bits per heavy atom. The fourth-order valence-electron chi connectivity index (χ4n) is 2.19. The largest absolute Gasteiger partial charge is 0.483 e. The Hall–Kier alpha value is -2.41. The molecule has 0 fully saturated rings. The predicted molar refractivity (Wildman–Crippen MR) is 90.8 cm³/mol. The molecule has 0 spiro atoms. The van der Waals surface area contributed by atoms with Crippen LogP contribution in [0.4, 0.5) is 11.4 Å². The fraction of sp³-hybridized carbons (Fsp3) is 0.188. The molecule has 0 unspecified atom stereocenters. The molecule has 0 atom stereocenters. The minimum absolute atomic E-state index is 0.148. The highest BCUT2D eigenvalue weighted by Gasteiger charge is 2.15. The summed E-state index contributed by atoms with van der Waals surface area (Å²) in [5.41, 5.74) is 1.79. The van der Waals surface area contributed by atoms with Crippen LogP contribution in [0.2, 0.25) is 0 Å². The highest BCUT2D eigenvalue weighted by Crippen LogP contribution is 2.27. The Balaban J connectivity index is 2.06. The van der Waals surface area contributed by atoms with Crippen LogP contribution in [0.5, 0.6) is 5.75 Å². The smallest absolute Gasteiger partial charge is 0.292 e. The van der Waals surface area contributed by atoms with Crippen LogP contribution in [0.1, 0.15) is 11.1 Å². The summed E-state index contributed by atoms with van der Waals surface area (Å²) in [6, 6.07) is 9.75. The lowest BCUT2D eigenvalue weighted by Gasteiger charge is -2.12. The second-order valence-electron chi connectivity index (χ2n) is 4.98. The highest BCUT2D eigenvalue weighted by atomic mass is 79.9. The maximum atomic E-state index is 12.0. The van der Waals surface area contributed by atoms with Crippen molar-refractivity contribution in [2.75, 3.05) is 11.9 Å². The number of hydrogen-bond donors (Lipinski definition) is 1. The van der Waals surface area contributed by atoms with Gasteiger partial charge in [-0.05, 0) is 43.2 Å². The van der Waals surface area contributed by atoms with E-state index in [-0.39, 0.29) is 18.0 Å². The summed E-state index contributed by atoms with van der Waals surface area (Å²) in [4.78, 5) is 22.4. The van der Waals surface area contributed by atoms with E-state index in [0.717, 1.165) is 15.6 Å². The molecule has 0 aliphatic rings. The van der Waals surface area contributed by atoms with Crippen molar-refractivity contribution >= 4 is 33.2 Å². The summed E-state index contributed by atoms with van der Waals surface area (Å²) in [7, 11) is 0. The molecule has 2 aromatic rings. The van der Waals surface area contributed by atoms with Crippen LogP contribution in [0.3, 0.4) is 0 Å². The van der Waals surface area contributed by atoms with Crippen molar-refractivity contribution in [1.82, 2.24) is 0 Å². The number of nitrogens with zero attached hydrogens (tertiary/aromatic N) is 1. The van der Waals surface area contributed by atoms with Gasteiger partial charge in [-0.2, -0.15) is 0 Å². The molecule has 0 aromatic heterocycles. The number of ether oxygens (including phenoxy) is 1. The third kappa shape index (κ3) is 4.29. The number of nitro groups is 1. The van der Waals surface area contributed by atoms with E-state index < -0.39 is 10.8 Å². The number of para-hydroxylation sites is 2. The summed E-state index contributed by atoms with van der Waals surface area (Å²) >= 11 is 3.39. The van der Waals surface area contributed by atoms with Crippen molar-refractivity contribution in [2.24, 2.45) is 0 Å². The molecule has 0 bridgehead atoms. The number of amides is 1. The lowest BCUT2D eigenvalue weighted by Crippen LogP contribution is -2.21. The SMILES string of the molecule is Cc1cc(Br)cc(C)c1OCC(=O)Nc1ccccc1[N+](=O)[O-]. The van der Waals surface area contributed by atoms with Crippen LogP contribution in [0, 0.1) is 24.0 Å². The zero-order chi connectivity index (χ0) is 17.0. The molecule has 0 saturated carbocycles. The molecular formula is C16H15BrN2O4. The Bertz CT molecular complexity index is 738. The summed E-state index contributed by atoms with van der Waals surface area (Å²) in [6.07, 6.45) is 0. The van der Waals surface area contributed by atoms with Crippen LogP contribution in [-0.4, -0.2) is 17.4 Å². The lowest BCUT2D eigenvalue weighted by atomic mass is 10.1. The lowest BCUT2D eigenvalue weighted by molar-refractivity contribution is -0.383. The first-order valence-electron chi connectivity index (χ1n) is 6.81. The topological polar surface area (TPSA) is 81.5 Å². The molecule has 2 rings (SSSR count). The Kier molecular flexibility index (Phi) is 5.33. The van der Waals surface area contributed by atoms with Gasteiger partial charge in [0.15, 0.2) is 6.61 Å². The van der Waals surface area contributed by atoms with Crippen LogP contribution in [-0.2, 0) is 4.79 Å². The van der Waals surface area contributed by atoms with Gasteiger partial charge in [-0.15, -0.1) is 0 Å². The molecule has 6 nitrogen and oxygen atoms in total. The van der Waals surface area contributed by atoms with E-state index in [1.165, 1.54) is 12.1 Å². The number of nitrogens with one attached hydrogen (secondary N) is 1. The summed E-state index contributed by atoms with van der Waals surface area (Å²) < 4.78 is 6.49. The molecule has 23 heavy (non-hydrogen) atoms. The number of rotatable bonds is 5. The Morgan fingerprint density at radius 1 is 1.26 bits per heavy atom. The van der Waals surface area contributed by atoms with Crippen molar-refractivity contribution in [3.8, 4) is 5.75 Å². The molecule has 7 heteroatoms. The van der Waals surface area contributed by atoms with Crippen LogP contribution in [0.15, 0.2) is 40.9 Å². The summed E-state index contributed by atoms with van der Waals surface area (Å²) in [5.74, 6) is 0.173. The van der Waals surface area contributed by atoms with Gasteiger partial charge >= 0.3 is 0 Å². The second-order valence-corrected chi connectivity index (χ2v) is 5.90. The van der Waals surface area contributed by atoms with Crippen molar-refractivity contribution in [1.29, 1.82) is 0 Å². The van der Waals surface area contributed by atoms with E-state index in [2.05, 4.69) is 21.2 Å². The van der Waals surface area contributed by atoms with E-state index in [4.69, 9.17) is 4.74 Å². The van der Waals surface area contributed by atoms with E-state index in [1.54, 1.807) is 12.1 Å². The Morgan fingerprint density at radius 2 is 1.87 bits per heavy atom. The molecule has 120 valence electrons. The zero-order valence-corrected chi connectivity index (χ0v) is 14.2. The molecule has 0 aliphatic heterocycles.